The molecule has 0 bridgehead atoms. The fourth-order valence-corrected chi connectivity index (χ4v) is 1.72. The number of ether oxygens (including phenoxy) is 4. The summed E-state index contributed by atoms with van der Waals surface area (Å²) in [6.45, 7) is 4.27. The summed E-state index contributed by atoms with van der Waals surface area (Å²) in [5.74, 6) is 1.54. The molecule has 0 spiro atoms. The van der Waals surface area contributed by atoms with Crippen LogP contribution in [-0.2, 0) is 9.47 Å². The van der Waals surface area contributed by atoms with Crippen LogP contribution in [0.3, 0.4) is 0 Å². The van der Waals surface area contributed by atoms with Crippen LogP contribution in [0.15, 0.2) is 30.9 Å². The molecule has 92 valence electrons. The second-order valence-electron chi connectivity index (χ2n) is 3.70. The Kier molecular flexibility index (Phi) is 4.01. The zero-order chi connectivity index (χ0) is 12.1. The Morgan fingerprint density at radius 1 is 1.41 bits per heavy atom. The van der Waals surface area contributed by atoms with Crippen LogP contribution in [-0.4, -0.2) is 20.7 Å². The highest BCUT2D eigenvalue weighted by atomic mass is 16.7. The summed E-state index contributed by atoms with van der Waals surface area (Å²) in [5, 5.41) is 0. The average Bonchev–Trinajstić information content (AvgIpc) is 2.81. The van der Waals surface area contributed by atoms with Crippen LogP contribution in [0, 0.1) is 0 Å². The molecule has 1 aliphatic heterocycles. The maximum Gasteiger partial charge on any atom is 0.231 e. The lowest BCUT2D eigenvalue weighted by Gasteiger charge is -2.16. The first-order valence-corrected chi connectivity index (χ1v) is 5.46. The molecule has 1 aromatic rings. The summed E-state index contributed by atoms with van der Waals surface area (Å²) in [4.78, 5) is 0. The number of methoxy groups -OCH3 is 1. The van der Waals surface area contributed by atoms with Crippen molar-refractivity contribution >= 4 is 0 Å². The maximum absolute atomic E-state index is 5.59. The molecule has 1 aromatic carbocycles. The Morgan fingerprint density at radius 3 is 3.00 bits per heavy atom. The van der Waals surface area contributed by atoms with Crippen molar-refractivity contribution in [3.63, 3.8) is 0 Å². The summed E-state index contributed by atoms with van der Waals surface area (Å²) < 4.78 is 21.1. The molecule has 0 fully saturated rings. The van der Waals surface area contributed by atoms with Crippen LogP contribution in [0.25, 0.3) is 0 Å². The van der Waals surface area contributed by atoms with Crippen molar-refractivity contribution < 1.29 is 18.9 Å². The van der Waals surface area contributed by atoms with Gasteiger partial charge >= 0.3 is 0 Å². The van der Waals surface area contributed by atoms with Gasteiger partial charge in [0.15, 0.2) is 11.5 Å². The average molecular weight is 236 g/mol. The van der Waals surface area contributed by atoms with E-state index in [2.05, 4.69) is 6.58 Å². The van der Waals surface area contributed by atoms with Crippen LogP contribution in [0.5, 0.6) is 11.5 Å². The smallest absolute Gasteiger partial charge is 0.231 e. The van der Waals surface area contributed by atoms with Crippen molar-refractivity contribution in [3.05, 3.63) is 36.4 Å². The van der Waals surface area contributed by atoms with Crippen LogP contribution in [0.4, 0.5) is 0 Å². The predicted molar refractivity (Wildman–Crippen MR) is 63.1 cm³/mol. The fraction of sp³-hybridized carbons (Fsp3) is 0.385. The van der Waals surface area contributed by atoms with Crippen molar-refractivity contribution in [2.75, 3.05) is 20.7 Å². The summed E-state index contributed by atoms with van der Waals surface area (Å²) in [5.41, 5.74) is 1.03. The van der Waals surface area contributed by atoms with E-state index in [1.807, 2.05) is 24.3 Å². The van der Waals surface area contributed by atoms with Gasteiger partial charge in [0.05, 0.1) is 6.10 Å². The van der Waals surface area contributed by atoms with Gasteiger partial charge in [-0.2, -0.15) is 0 Å². The number of fused-ring (bicyclic) bond motifs is 1. The van der Waals surface area contributed by atoms with E-state index in [-0.39, 0.29) is 19.7 Å². The van der Waals surface area contributed by atoms with Gasteiger partial charge in [-0.3, -0.25) is 0 Å². The van der Waals surface area contributed by atoms with E-state index in [9.17, 15) is 0 Å². The van der Waals surface area contributed by atoms with Crippen molar-refractivity contribution in [3.8, 4) is 11.5 Å². The normalized spacial score (nSPS) is 14.6. The van der Waals surface area contributed by atoms with Crippen LogP contribution < -0.4 is 9.47 Å². The third kappa shape index (κ3) is 2.78. The molecule has 0 amide bonds. The monoisotopic (exact) mass is 236 g/mol. The topological polar surface area (TPSA) is 36.9 Å². The standard InChI is InChI=1S/C13H16O4/c1-3-4-11(15-8-14-2)10-5-6-12-13(7-10)17-9-16-12/h3,5-7,11H,1,4,8-9H2,2H3. The first-order valence-electron chi connectivity index (χ1n) is 5.46. The van der Waals surface area contributed by atoms with Gasteiger partial charge < -0.3 is 18.9 Å². The van der Waals surface area contributed by atoms with Gasteiger partial charge in [0.2, 0.25) is 6.79 Å². The molecule has 0 N–H and O–H groups in total. The van der Waals surface area contributed by atoms with Gasteiger partial charge in [-0.1, -0.05) is 12.1 Å². The lowest BCUT2D eigenvalue weighted by atomic mass is 10.1. The zero-order valence-corrected chi connectivity index (χ0v) is 9.85. The van der Waals surface area contributed by atoms with Gasteiger partial charge in [-0.05, 0) is 24.1 Å². The molecule has 0 aliphatic carbocycles. The van der Waals surface area contributed by atoms with Gasteiger partial charge in [0.25, 0.3) is 0 Å². The van der Waals surface area contributed by atoms with E-state index in [1.54, 1.807) is 7.11 Å². The van der Waals surface area contributed by atoms with E-state index in [0.29, 0.717) is 0 Å². The largest absolute Gasteiger partial charge is 0.454 e. The minimum absolute atomic E-state index is 0.0676. The summed E-state index contributed by atoms with van der Waals surface area (Å²) >= 11 is 0. The minimum atomic E-state index is -0.0676. The first kappa shape index (κ1) is 12.0. The molecule has 1 unspecified atom stereocenters. The SMILES string of the molecule is C=CCC(OCOC)c1ccc2c(c1)OCO2. The molecular formula is C13H16O4. The molecule has 0 saturated carbocycles. The quantitative estimate of drug-likeness (QED) is 0.562. The number of benzene rings is 1. The lowest BCUT2D eigenvalue weighted by molar-refractivity contribution is -0.0721. The third-order valence-electron chi connectivity index (χ3n) is 2.54. The third-order valence-corrected chi connectivity index (χ3v) is 2.54. The number of rotatable bonds is 6. The Morgan fingerprint density at radius 2 is 2.24 bits per heavy atom. The van der Waals surface area contributed by atoms with Crippen molar-refractivity contribution in [2.24, 2.45) is 0 Å². The van der Waals surface area contributed by atoms with Gasteiger partial charge in [-0.25, -0.2) is 0 Å². The fourth-order valence-electron chi connectivity index (χ4n) is 1.72. The van der Waals surface area contributed by atoms with Crippen LogP contribution >= 0.6 is 0 Å². The van der Waals surface area contributed by atoms with Gasteiger partial charge in [0, 0.05) is 7.11 Å². The molecule has 4 nitrogen and oxygen atoms in total. The van der Waals surface area contributed by atoms with Crippen LogP contribution in [0.1, 0.15) is 18.1 Å². The Balaban J connectivity index is 2.14. The highest BCUT2D eigenvalue weighted by Crippen LogP contribution is 2.35. The minimum Gasteiger partial charge on any atom is -0.454 e. The predicted octanol–water partition coefficient (Wildman–Crippen LogP) is 2.65. The number of hydrogen-bond donors (Lipinski definition) is 0. The van der Waals surface area contributed by atoms with Crippen molar-refractivity contribution in [1.29, 1.82) is 0 Å². The van der Waals surface area contributed by atoms with Gasteiger partial charge in [0.1, 0.15) is 6.79 Å². The molecule has 0 saturated heterocycles. The second-order valence-corrected chi connectivity index (χ2v) is 3.70. The molecule has 1 aliphatic rings. The lowest BCUT2D eigenvalue weighted by Crippen LogP contribution is -2.06. The van der Waals surface area contributed by atoms with Crippen molar-refractivity contribution in [1.82, 2.24) is 0 Å². The molecule has 17 heavy (non-hydrogen) atoms. The van der Waals surface area contributed by atoms with Gasteiger partial charge in [-0.15, -0.1) is 6.58 Å². The summed E-state index contributed by atoms with van der Waals surface area (Å²) in [6, 6.07) is 5.80. The Labute approximate surface area is 101 Å². The highest BCUT2D eigenvalue weighted by Gasteiger charge is 2.17. The van der Waals surface area contributed by atoms with E-state index < -0.39 is 0 Å². The van der Waals surface area contributed by atoms with E-state index in [1.165, 1.54) is 0 Å². The van der Waals surface area contributed by atoms with Crippen LogP contribution in [0.2, 0.25) is 0 Å². The van der Waals surface area contributed by atoms with E-state index >= 15 is 0 Å². The molecule has 1 heterocycles. The molecular weight excluding hydrogens is 220 g/mol. The highest BCUT2D eigenvalue weighted by molar-refractivity contribution is 5.45. The molecule has 0 aromatic heterocycles. The molecule has 2 rings (SSSR count). The zero-order valence-electron chi connectivity index (χ0n) is 9.85. The molecule has 4 heteroatoms. The Hall–Kier alpha value is -1.52. The maximum atomic E-state index is 5.59. The summed E-state index contributed by atoms with van der Waals surface area (Å²) in [7, 11) is 1.60. The number of hydrogen-bond acceptors (Lipinski definition) is 4. The van der Waals surface area contributed by atoms with Crippen molar-refractivity contribution in [2.45, 2.75) is 12.5 Å². The Bertz CT molecular complexity index is 389. The molecule has 1 atom stereocenters. The summed E-state index contributed by atoms with van der Waals surface area (Å²) in [6.07, 6.45) is 2.48. The van der Waals surface area contributed by atoms with E-state index in [4.69, 9.17) is 18.9 Å². The first-order chi connectivity index (χ1) is 8.35. The van der Waals surface area contributed by atoms with E-state index in [0.717, 1.165) is 23.5 Å². The second kappa shape index (κ2) is 5.70. The molecule has 0 radical (unpaired) electrons.